The maximum absolute atomic E-state index is 14.0. The van der Waals surface area contributed by atoms with E-state index >= 15 is 0 Å². The van der Waals surface area contributed by atoms with E-state index in [4.69, 9.17) is 9.47 Å². The van der Waals surface area contributed by atoms with Crippen LogP contribution in [-0.4, -0.2) is 46.1 Å². The molecule has 220 valence electrons. The number of aromatic amines is 1. The number of likely N-dealkylation sites (tertiary alicyclic amines) is 1. The molecule has 0 spiro atoms. The Morgan fingerprint density at radius 2 is 1.88 bits per heavy atom. The molecule has 3 aromatic rings. The molecule has 2 aromatic carbocycles. The Balaban J connectivity index is 1.59. The molecule has 0 saturated carbocycles. The number of hydrogen-bond donors (Lipinski definition) is 2. The summed E-state index contributed by atoms with van der Waals surface area (Å²) in [5, 5.41) is 19.0. The highest BCUT2D eigenvalue weighted by Gasteiger charge is 2.46. The average Bonchev–Trinajstić information content (AvgIpc) is 3.41. The summed E-state index contributed by atoms with van der Waals surface area (Å²) in [6.07, 6.45) is 1.41. The number of benzene rings is 2. The number of hydrogen-bond acceptors (Lipinski definition) is 7. The Kier molecular flexibility index (Phi) is 8.71. The Labute approximate surface area is 245 Å². The molecule has 1 aliphatic rings. The van der Waals surface area contributed by atoms with E-state index in [0.29, 0.717) is 17.7 Å². The first-order valence-electron chi connectivity index (χ1n) is 13.9. The number of nitrogens with one attached hydrogen (secondary N) is 2. The third-order valence-electron chi connectivity index (χ3n) is 7.74. The van der Waals surface area contributed by atoms with Gasteiger partial charge in [0.25, 0.3) is 5.91 Å². The van der Waals surface area contributed by atoms with Crippen molar-refractivity contribution in [1.82, 2.24) is 20.4 Å². The van der Waals surface area contributed by atoms with Gasteiger partial charge in [-0.1, -0.05) is 29.8 Å². The van der Waals surface area contributed by atoms with Crippen LogP contribution in [0.2, 0.25) is 0 Å². The molecule has 4 rings (SSSR count). The van der Waals surface area contributed by atoms with Crippen LogP contribution in [0.15, 0.2) is 47.3 Å². The minimum absolute atomic E-state index is 0.0453. The lowest BCUT2D eigenvalue weighted by Gasteiger charge is -2.38. The van der Waals surface area contributed by atoms with Crippen molar-refractivity contribution in [3.63, 3.8) is 0 Å². The highest BCUT2D eigenvalue weighted by atomic mass is 16.5. The van der Waals surface area contributed by atoms with Crippen molar-refractivity contribution in [3.8, 4) is 23.3 Å². The Morgan fingerprint density at radius 1 is 1.14 bits per heavy atom. The molecule has 3 atom stereocenters. The van der Waals surface area contributed by atoms with Crippen LogP contribution >= 0.6 is 0 Å². The largest absolute Gasteiger partial charge is 0.493 e. The fourth-order valence-corrected chi connectivity index (χ4v) is 5.49. The summed E-state index contributed by atoms with van der Waals surface area (Å²) >= 11 is 0. The van der Waals surface area contributed by atoms with E-state index in [0.717, 1.165) is 17.5 Å². The first-order chi connectivity index (χ1) is 19.9. The average molecular weight is 572 g/mol. The first-order valence-corrected chi connectivity index (χ1v) is 13.9. The lowest BCUT2D eigenvalue weighted by atomic mass is 9.84. The number of nitrogens with zero attached hydrogens (tertiary/aromatic N) is 3. The molecule has 10 heteroatoms. The fourth-order valence-electron chi connectivity index (χ4n) is 5.49. The van der Waals surface area contributed by atoms with Crippen molar-refractivity contribution in [2.75, 3.05) is 7.11 Å². The summed E-state index contributed by atoms with van der Waals surface area (Å²) < 4.78 is 11.3. The van der Waals surface area contributed by atoms with Crippen molar-refractivity contribution in [2.24, 2.45) is 5.41 Å². The van der Waals surface area contributed by atoms with E-state index in [2.05, 4.69) is 27.6 Å². The Hall–Kier alpha value is -4.65. The number of ether oxygens (including phenoxy) is 2. The van der Waals surface area contributed by atoms with Gasteiger partial charge >= 0.3 is 5.56 Å². The zero-order valence-corrected chi connectivity index (χ0v) is 25.1. The zero-order valence-electron chi connectivity index (χ0n) is 25.1. The molecular weight excluding hydrogens is 534 g/mol. The zero-order chi connectivity index (χ0) is 30.8. The molecule has 0 aliphatic carbocycles. The van der Waals surface area contributed by atoms with E-state index in [1.807, 2.05) is 39.0 Å². The molecule has 10 nitrogen and oxygen atoms in total. The van der Waals surface area contributed by atoms with Gasteiger partial charge in [-0.3, -0.25) is 14.4 Å². The lowest BCUT2D eigenvalue weighted by molar-refractivity contribution is -0.137. The smallest absolute Gasteiger partial charge is 0.307 e. The number of H-pyrrole nitrogens is 1. The first kappa shape index (κ1) is 30.3. The van der Waals surface area contributed by atoms with Crippen LogP contribution in [0, 0.1) is 37.5 Å². The predicted octanol–water partition coefficient (Wildman–Crippen LogP) is 4.90. The van der Waals surface area contributed by atoms with Crippen molar-refractivity contribution in [2.45, 2.75) is 72.5 Å². The van der Waals surface area contributed by atoms with Crippen LogP contribution in [0.5, 0.6) is 17.2 Å². The molecular formula is C32H37N5O5. The maximum Gasteiger partial charge on any atom is 0.307 e. The highest BCUT2D eigenvalue weighted by molar-refractivity contribution is 5.98. The van der Waals surface area contributed by atoms with Crippen molar-refractivity contribution < 1.29 is 19.1 Å². The molecule has 0 unspecified atom stereocenters. The number of aromatic nitrogens is 2. The number of aryl methyl sites for hydroxylation is 3. The minimum atomic E-state index is -0.861. The van der Waals surface area contributed by atoms with E-state index in [-0.39, 0.29) is 40.8 Å². The van der Waals surface area contributed by atoms with Gasteiger partial charge in [-0.05, 0) is 77.6 Å². The predicted molar refractivity (Wildman–Crippen MR) is 158 cm³/mol. The van der Waals surface area contributed by atoms with E-state index in [9.17, 15) is 19.6 Å². The molecule has 42 heavy (non-hydrogen) atoms. The lowest BCUT2D eigenvalue weighted by Crippen LogP contribution is -2.52. The minimum Gasteiger partial charge on any atom is -0.493 e. The van der Waals surface area contributed by atoms with Crippen LogP contribution in [0.4, 0.5) is 0 Å². The number of nitriles is 1. The molecule has 0 radical (unpaired) electrons. The van der Waals surface area contributed by atoms with Gasteiger partial charge in [-0.2, -0.15) is 10.4 Å². The Bertz CT molecular complexity index is 1610. The number of carbonyl (C=O) groups is 2. The third kappa shape index (κ3) is 6.15. The standard InChI is InChI=1S/C32H37N5O5/c1-18-9-8-10-22(13-18)24-11-12-27(32(5,6)17-33)37(24)31(40)21(4)34-29(38)23-14-19(2)28(25(16-23)41-7)42-26-15-20(3)35-36-30(26)39/h8-10,13-16,21,24,27H,11-12H2,1-7H3,(H,34,38)(H,36,39)/t21-,24+,27-/m1/s1. The summed E-state index contributed by atoms with van der Waals surface area (Å²) in [5.74, 6) is -0.138. The molecule has 2 amide bonds. The monoisotopic (exact) mass is 571 g/mol. The molecule has 2 N–H and O–H groups in total. The van der Waals surface area contributed by atoms with E-state index in [1.165, 1.54) is 19.2 Å². The topological polar surface area (TPSA) is 137 Å². The van der Waals surface area contributed by atoms with Crippen molar-refractivity contribution in [1.29, 1.82) is 5.26 Å². The summed E-state index contributed by atoms with van der Waals surface area (Å²) in [6.45, 7) is 10.8. The summed E-state index contributed by atoms with van der Waals surface area (Å²) in [6, 6.07) is 13.7. The van der Waals surface area contributed by atoms with Crippen molar-refractivity contribution in [3.05, 3.63) is 80.8 Å². The van der Waals surface area contributed by atoms with Gasteiger partial charge in [-0.25, -0.2) is 5.10 Å². The van der Waals surface area contributed by atoms with Gasteiger partial charge < -0.3 is 19.7 Å². The molecule has 0 bridgehead atoms. The van der Waals surface area contributed by atoms with Crippen LogP contribution in [0.1, 0.15) is 72.4 Å². The summed E-state index contributed by atoms with van der Waals surface area (Å²) in [4.78, 5) is 41.4. The maximum atomic E-state index is 14.0. The highest BCUT2D eigenvalue weighted by Crippen LogP contribution is 2.43. The molecule has 1 saturated heterocycles. The Morgan fingerprint density at radius 3 is 2.55 bits per heavy atom. The van der Waals surface area contributed by atoms with Gasteiger partial charge in [0.15, 0.2) is 17.2 Å². The van der Waals surface area contributed by atoms with E-state index < -0.39 is 22.9 Å². The van der Waals surface area contributed by atoms with Gasteiger partial charge in [-0.15, -0.1) is 0 Å². The molecule has 1 aromatic heterocycles. The molecule has 1 aliphatic heterocycles. The van der Waals surface area contributed by atoms with Gasteiger partial charge in [0.2, 0.25) is 5.91 Å². The van der Waals surface area contributed by atoms with Gasteiger partial charge in [0, 0.05) is 11.6 Å². The van der Waals surface area contributed by atoms with Gasteiger partial charge in [0.05, 0.1) is 36.4 Å². The molecule has 1 fully saturated rings. The third-order valence-corrected chi connectivity index (χ3v) is 7.74. The number of carbonyl (C=O) groups excluding carboxylic acids is 2. The SMILES string of the molecule is COc1cc(C(=O)N[C@H](C)C(=O)N2[C@H](c3cccc(C)c3)CC[C@@H]2C(C)(C)C#N)cc(C)c1Oc1cc(C)n[nH]c1=O. The van der Waals surface area contributed by atoms with Crippen LogP contribution < -0.4 is 20.3 Å². The quantitative estimate of drug-likeness (QED) is 0.392. The van der Waals surface area contributed by atoms with Crippen LogP contribution in [0.3, 0.4) is 0 Å². The second kappa shape index (κ2) is 12.1. The summed E-state index contributed by atoms with van der Waals surface area (Å²) in [7, 11) is 1.44. The second-order valence-corrected chi connectivity index (χ2v) is 11.4. The van der Waals surface area contributed by atoms with Crippen molar-refractivity contribution >= 4 is 11.8 Å². The van der Waals surface area contributed by atoms with Crippen LogP contribution in [-0.2, 0) is 4.79 Å². The second-order valence-electron chi connectivity index (χ2n) is 11.4. The normalized spacial score (nSPS) is 17.3. The van der Waals surface area contributed by atoms with E-state index in [1.54, 1.807) is 31.7 Å². The fraction of sp³-hybridized carbons (Fsp3) is 0.406. The molecule has 2 heterocycles. The number of methoxy groups -OCH3 is 1. The number of amides is 2. The summed E-state index contributed by atoms with van der Waals surface area (Å²) in [5.41, 5.74) is 2.22. The number of rotatable bonds is 8. The van der Waals surface area contributed by atoms with Crippen LogP contribution in [0.25, 0.3) is 0 Å². The van der Waals surface area contributed by atoms with Gasteiger partial charge in [0.1, 0.15) is 6.04 Å².